The first-order chi connectivity index (χ1) is 15.9. The largest absolute Gasteiger partial charge is 0.332 e. The lowest BCUT2D eigenvalue weighted by molar-refractivity contribution is -0.134. The van der Waals surface area contributed by atoms with Gasteiger partial charge in [0, 0.05) is 26.9 Å². The summed E-state index contributed by atoms with van der Waals surface area (Å²) >= 11 is 13.9. The molecular formula is C26H27Cl2FN2O2S. The van der Waals surface area contributed by atoms with E-state index < -0.39 is 5.54 Å². The lowest BCUT2D eigenvalue weighted by Crippen LogP contribution is -2.51. The minimum absolute atomic E-state index is 0.132. The van der Waals surface area contributed by atoms with Crippen molar-refractivity contribution >= 4 is 46.4 Å². The Bertz CT molecular complexity index is 1170. The minimum atomic E-state index is -0.642. The van der Waals surface area contributed by atoms with Crippen LogP contribution < -0.4 is 0 Å². The maximum absolute atomic E-state index is 13.6. The van der Waals surface area contributed by atoms with Crippen molar-refractivity contribution in [2.24, 2.45) is 0 Å². The lowest BCUT2D eigenvalue weighted by Gasteiger charge is -2.37. The summed E-state index contributed by atoms with van der Waals surface area (Å²) in [4.78, 5) is 32.4. The van der Waals surface area contributed by atoms with Gasteiger partial charge in [-0.1, -0.05) is 35.3 Å². The molecule has 8 heteroatoms. The minimum Gasteiger partial charge on any atom is -0.332 e. The van der Waals surface area contributed by atoms with Crippen LogP contribution in [-0.2, 0) is 17.9 Å². The molecule has 4 nitrogen and oxygen atoms in total. The lowest BCUT2D eigenvalue weighted by atomic mass is 10.0. The Morgan fingerprint density at radius 2 is 1.65 bits per heavy atom. The molecule has 0 radical (unpaired) electrons. The molecule has 0 N–H and O–H groups in total. The van der Waals surface area contributed by atoms with Crippen LogP contribution in [-0.4, -0.2) is 33.7 Å². The number of carbonyl (C=O) groups is 2. The molecule has 0 bridgehead atoms. The molecule has 0 unspecified atom stereocenters. The molecule has 2 amide bonds. The highest BCUT2D eigenvalue weighted by Gasteiger charge is 2.32. The van der Waals surface area contributed by atoms with Crippen molar-refractivity contribution in [3.05, 3.63) is 91.3 Å². The van der Waals surface area contributed by atoms with E-state index >= 15 is 0 Å². The smallest absolute Gasteiger partial charge is 0.256 e. The summed E-state index contributed by atoms with van der Waals surface area (Å²) in [5.41, 5.74) is 0.446. The SMILES string of the molecule is Cc1ccc(CN(Cc2ccc(F)cc2)C(=O)CN(C(=O)c2ccc(Cl)cc2Cl)C(C)(C)C)s1. The van der Waals surface area contributed by atoms with Gasteiger partial charge < -0.3 is 9.80 Å². The van der Waals surface area contributed by atoms with Crippen LogP contribution >= 0.6 is 34.5 Å². The zero-order valence-corrected chi connectivity index (χ0v) is 21.9. The van der Waals surface area contributed by atoms with Crippen molar-refractivity contribution in [1.29, 1.82) is 0 Å². The Morgan fingerprint density at radius 1 is 0.971 bits per heavy atom. The van der Waals surface area contributed by atoms with E-state index in [9.17, 15) is 14.0 Å². The fraction of sp³-hybridized carbons (Fsp3) is 0.308. The number of aryl methyl sites for hydroxylation is 1. The Balaban J connectivity index is 1.88. The van der Waals surface area contributed by atoms with E-state index in [0.717, 1.165) is 15.3 Å². The Kier molecular flexibility index (Phi) is 8.39. The highest BCUT2D eigenvalue weighted by Crippen LogP contribution is 2.26. The summed E-state index contributed by atoms with van der Waals surface area (Å²) < 4.78 is 13.4. The predicted molar refractivity (Wildman–Crippen MR) is 137 cm³/mol. The molecule has 0 atom stereocenters. The maximum atomic E-state index is 13.6. The number of carbonyl (C=O) groups excluding carboxylic acids is 2. The molecule has 0 aliphatic heterocycles. The third-order valence-corrected chi connectivity index (χ3v) is 6.83. The number of amides is 2. The number of hydrogen-bond donors (Lipinski definition) is 0. The van der Waals surface area contributed by atoms with Crippen molar-refractivity contribution in [2.75, 3.05) is 6.54 Å². The van der Waals surface area contributed by atoms with Crippen LogP contribution in [0, 0.1) is 12.7 Å². The fourth-order valence-corrected chi connectivity index (χ4v) is 4.85. The summed E-state index contributed by atoms with van der Waals surface area (Å²) in [6.07, 6.45) is 0. The van der Waals surface area contributed by atoms with E-state index in [4.69, 9.17) is 23.2 Å². The Hall–Kier alpha value is -2.41. The first-order valence-corrected chi connectivity index (χ1v) is 12.4. The molecule has 0 aliphatic rings. The molecule has 34 heavy (non-hydrogen) atoms. The second-order valence-electron chi connectivity index (χ2n) is 9.07. The molecular weight excluding hydrogens is 494 g/mol. The van der Waals surface area contributed by atoms with Gasteiger partial charge in [0.25, 0.3) is 5.91 Å². The first-order valence-electron chi connectivity index (χ1n) is 10.8. The third-order valence-electron chi connectivity index (χ3n) is 5.29. The molecule has 1 heterocycles. The third kappa shape index (κ3) is 6.81. The molecule has 0 spiro atoms. The van der Waals surface area contributed by atoms with Gasteiger partial charge in [-0.3, -0.25) is 9.59 Å². The van der Waals surface area contributed by atoms with E-state index in [1.165, 1.54) is 23.1 Å². The van der Waals surface area contributed by atoms with Crippen molar-refractivity contribution in [1.82, 2.24) is 9.80 Å². The Labute approximate surface area is 213 Å². The topological polar surface area (TPSA) is 40.6 Å². The second kappa shape index (κ2) is 10.9. The molecule has 0 fully saturated rings. The predicted octanol–water partition coefficient (Wildman–Crippen LogP) is 6.97. The average molecular weight is 521 g/mol. The first kappa shape index (κ1) is 26.2. The number of rotatable bonds is 7. The molecule has 3 aromatic rings. The molecule has 180 valence electrons. The van der Waals surface area contributed by atoms with Gasteiger partial charge in [0.15, 0.2) is 0 Å². The van der Waals surface area contributed by atoms with Gasteiger partial charge in [0.2, 0.25) is 5.91 Å². The number of halogens is 3. The van der Waals surface area contributed by atoms with Gasteiger partial charge in [0.1, 0.15) is 12.4 Å². The zero-order valence-electron chi connectivity index (χ0n) is 19.6. The number of thiophene rings is 1. The van der Waals surface area contributed by atoms with Gasteiger partial charge in [-0.15, -0.1) is 11.3 Å². The van der Waals surface area contributed by atoms with Gasteiger partial charge in [-0.05, 0) is 75.7 Å². The van der Waals surface area contributed by atoms with E-state index in [2.05, 4.69) is 0 Å². The number of nitrogens with zero attached hydrogens (tertiary/aromatic N) is 2. The van der Waals surface area contributed by atoms with Gasteiger partial charge in [0.05, 0.1) is 17.1 Å². The van der Waals surface area contributed by atoms with Crippen LogP contribution in [0.15, 0.2) is 54.6 Å². The quantitative estimate of drug-likeness (QED) is 0.337. The van der Waals surface area contributed by atoms with Crippen LogP contribution in [0.2, 0.25) is 10.0 Å². The van der Waals surface area contributed by atoms with E-state index in [-0.39, 0.29) is 34.8 Å². The number of benzene rings is 2. The molecule has 3 rings (SSSR count). The maximum Gasteiger partial charge on any atom is 0.256 e. The normalized spacial score (nSPS) is 11.4. The summed E-state index contributed by atoms with van der Waals surface area (Å²) in [5, 5.41) is 0.660. The fourth-order valence-electron chi connectivity index (χ4n) is 3.46. The highest BCUT2D eigenvalue weighted by molar-refractivity contribution is 7.11. The zero-order chi connectivity index (χ0) is 25.0. The van der Waals surface area contributed by atoms with Gasteiger partial charge >= 0.3 is 0 Å². The Morgan fingerprint density at radius 3 is 2.21 bits per heavy atom. The molecule has 1 aromatic heterocycles. The van der Waals surface area contributed by atoms with E-state index in [1.807, 2.05) is 39.8 Å². The van der Waals surface area contributed by atoms with Crippen LogP contribution in [0.5, 0.6) is 0 Å². The van der Waals surface area contributed by atoms with Crippen LogP contribution in [0.1, 0.15) is 46.4 Å². The average Bonchev–Trinajstić information content (AvgIpc) is 3.16. The summed E-state index contributed by atoms with van der Waals surface area (Å²) in [6, 6.07) is 14.8. The van der Waals surface area contributed by atoms with Crippen molar-refractivity contribution in [3.63, 3.8) is 0 Å². The van der Waals surface area contributed by atoms with Gasteiger partial charge in [-0.2, -0.15) is 0 Å². The molecule has 0 aliphatic carbocycles. The molecule has 2 aromatic carbocycles. The van der Waals surface area contributed by atoms with Crippen molar-refractivity contribution in [3.8, 4) is 0 Å². The van der Waals surface area contributed by atoms with E-state index in [0.29, 0.717) is 18.1 Å². The molecule has 0 saturated heterocycles. The van der Waals surface area contributed by atoms with Crippen LogP contribution in [0.4, 0.5) is 4.39 Å². The summed E-state index contributed by atoms with van der Waals surface area (Å²) in [7, 11) is 0. The highest BCUT2D eigenvalue weighted by atomic mass is 35.5. The monoisotopic (exact) mass is 520 g/mol. The van der Waals surface area contributed by atoms with Crippen molar-refractivity contribution in [2.45, 2.75) is 46.3 Å². The van der Waals surface area contributed by atoms with Gasteiger partial charge in [-0.25, -0.2) is 4.39 Å². The van der Waals surface area contributed by atoms with Crippen LogP contribution in [0.25, 0.3) is 0 Å². The standard InChI is InChI=1S/C26H27Cl2FN2O2S/c1-17-5-11-21(34-17)15-30(14-18-6-9-20(29)10-7-18)24(32)16-31(26(2,3)4)25(33)22-12-8-19(27)13-23(22)28/h5-13H,14-16H2,1-4H3. The summed E-state index contributed by atoms with van der Waals surface area (Å²) in [6.45, 7) is 8.17. The van der Waals surface area contributed by atoms with Crippen LogP contribution in [0.3, 0.4) is 0 Å². The van der Waals surface area contributed by atoms with Crippen molar-refractivity contribution < 1.29 is 14.0 Å². The number of hydrogen-bond acceptors (Lipinski definition) is 3. The summed E-state index contributed by atoms with van der Waals surface area (Å²) in [5.74, 6) is -0.903. The molecule has 0 saturated carbocycles. The van der Waals surface area contributed by atoms with E-state index in [1.54, 1.807) is 40.5 Å². The second-order valence-corrected chi connectivity index (χ2v) is 11.3.